The van der Waals surface area contributed by atoms with Gasteiger partial charge in [0, 0.05) is 44.0 Å². The fourth-order valence-corrected chi connectivity index (χ4v) is 5.93. The lowest BCUT2D eigenvalue weighted by Crippen LogP contribution is -2.59. The topological polar surface area (TPSA) is 82.7 Å². The third-order valence-electron chi connectivity index (χ3n) is 6.55. The van der Waals surface area contributed by atoms with Gasteiger partial charge in [0.1, 0.15) is 0 Å². The molecule has 0 radical (unpaired) electrons. The average Bonchev–Trinajstić information content (AvgIpc) is 3.03. The van der Waals surface area contributed by atoms with Crippen LogP contribution in [0.25, 0.3) is 0 Å². The first-order valence-electron chi connectivity index (χ1n) is 10.5. The van der Waals surface area contributed by atoms with Gasteiger partial charge in [-0.25, -0.2) is 4.98 Å². The number of hydrogen-bond acceptors (Lipinski definition) is 6. The second-order valence-corrected chi connectivity index (χ2v) is 9.72. The summed E-state index contributed by atoms with van der Waals surface area (Å²) < 4.78 is 0. The van der Waals surface area contributed by atoms with Crippen LogP contribution in [0.1, 0.15) is 61.9 Å². The Morgan fingerprint density at radius 2 is 2.04 bits per heavy atom. The molecule has 1 aromatic rings. The fourth-order valence-electron chi connectivity index (χ4n) is 5.01. The normalized spacial score (nSPS) is 27.7. The van der Waals surface area contributed by atoms with Crippen molar-refractivity contribution in [2.45, 2.75) is 69.9 Å². The molecule has 1 aromatic heterocycles. The Morgan fingerprint density at radius 3 is 2.85 bits per heavy atom. The maximum absolute atomic E-state index is 13.1. The molecule has 3 N–H and O–H groups in total. The molecule has 2 fully saturated rings. The molecule has 1 amide bonds. The summed E-state index contributed by atoms with van der Waals surface area (Å²) >= 11 is 1.53. The Morgan fingerprint density at radius 1 is 1.22 bits per heavy atom. The van der Waals surface area contributed by atoms with E-state index in [1.54, 1.807) is 0 Å². The van der Waals surface area contributed by atoms with Crippen molar-refractivity contribution in [2.75, 3.05) is 31.9 Å². The largest absolute Gasteiger partial charge is 0.379 e. The quantitative estimate of drug-likeness (QED) is 0.804. The van der Waals surface area contributed by atoms with E-state index in [1.165, 1.54) is 48.3 Å². The molecule has 3 heterocycles. The van der Waals surface area contributed by atoms with Crippen molar-refractivity contribution >= 4 is 22.4 Å². The number of aliphatic hydroxyl groups is 1. The minimum absolute atomic E-state index is 0.0563. The minimum atomic E-state index is -1.24. The summed E-state index contributed by atoms with van der Waals surface area (Å²) in [5.41, 5.74) is 5.68. The first-order valence-corrected chi connectivity index (χ1v) is 11.3. The van der Waals surface area contributed by atoms with Crippen molar-refractivity contribution in [3.8, 4) is 0 Å². The van der Waals surface area contributed by atoms with Gasteiger partial charge in [-0.15, -0.1) is 11.3 Å². The van der Waals surface area contributed by atoms with E-state index in [1.807, 2.05) is 4.90 Å². The summed E-state index contributed by atoms with van der Waals surface area (Å²) in [6.45, 7) is 3.59. The van der Waals surface area contributed by atoms with Crippen molar-refractivity contribution in [1.82, 2.24) is 14.8 Å². The summed E-state index contributed by atoms with van der Waals surface area (Å²) in [4.78, 5) is 22.7. The Kier molecular flexibility index (Phi) is 5.71. The molecule has 1 saturated heterocycles. The van der Waals surface area contributed by atoms with Crippen molar-refractivity contribution in [1.29, 1.82) is 0 Å². The van der Waals surface area contributed by atoms with Crippen molar-refractivity contribution in [2.24, 2.45) is 5.92 Å². The molecule has 27 heavy (non-hydrogen) atoms. The third-order valence-corrected chi connectivity index (χ3v) is 7.46. The molecule has 0 spiro atoms. The number of β-amino-alcohol motifs (C(OH)–C–C–N with tert-alkyl or cyclic N) is 1. The number of fused-ring (bicyclic) bond motifs is 1. The number of rotatable bonds is 5. The summed E-state index contributed by atoms with van der Waals surface area (Å²) in [7, 11) is 0. The first kappa shape index (κ1) is 19.2. The number of likely N-dealkylation sites (tertiary alicyclic amines) is 1. The number of amides is 1. The van der Waals surface area contributed by atoms with Gasteiger partial charge in [-0.2, -0.15) is 0 Å². The minimum Gasteiger partial charge on any atom is -0.379 e. The molecule has 1 saturated carbocycles. The molecule has 150 valence electrons. The zero-order valence-corrected chi connectivity index (χ0v) is 17.0. The summed E-state index contributed by atoms with van der Waals surface area (Å²) in [5.74, 6) is 0.707. The Balaban J connectivity index is 1.34. The lowest BCUT2D eigenvalue weighted by molar-refractivity contribution is -0.160. The molecule has 1 aliphatic carbocycles. The molecule has 1 atom stereocenters. The van der Waals surface area contributed by atoms with Gasteiger partial charge in [-0.05, 0) is 25.2 Å². The highest BCUT2D eigenvalue weighted by molar-refractivity contribution is 7.15. The van der Waals surface area contributed by atoms with E-state index in [9.17, 15) is 9.90 Å². The molecule has 1 unspecified atom stereocenters. The van der Waals surface area contributed by atoms with Gasteiger partial charge in [0.25, 0.3) is 5.91 Å². The highest BCUT2D eigenvalue weighted by atomic mass is 32.1. The van der Waals surface area contributed by atoms with Crippen LogP contribution in [0.2, 0.25) is 0 Å². The summed E-state index contributed by atoms with van der Waals surface area (Å²) in [6, 6.07) is 0. The SMILES string of the molecule is Nc1nc2c(s1)CN(CC1(O)CCCN(CCC3CCCCC3)C1=O)CC2. The van der Waals surface area contributed by atoms with Crippen molar-refractivity contribution in [3.05, 3.63) is 10.6 Å². The van der Waals surface area contributed by atoms with Crippen LogP contribution in [0.4, 0.5) is 5.13 Å². The number of anilines is 1. The zero-order chi connectivity index (χ0) is 18.9. The number of carbonyl (C=O) groups excluding carboxylic acids is 1. The van der Waals surface area contributed by atoms with Gasteiger partial charge in [-0.1, -0.05) is 32.1 Å². The van der Waals surface area contributed by atoms with Gasteiger partial charge in [0.2, 0.25) is 0 Å². The number of nitrogen functional groups attached to an aromatic ring is 1. The fraction of sp³-hybridized carbons (Fsp3) is 0.800. The van der Waals surface area contributed by atoms with E-state index in [2.05, 4.69) is 9.88 Å². The summed E-state index contributed by atoms with van der Waals surface area (Å²) in [6.07, 6.45) is 10.0. The summed E-state index contributed by atoms with van der Waals surface area (Å²) in [5, 5.41) is 11.8. The molecular weight excluding hydrogens is 360 g/mol. The average molecular weight is 393 g/mol. The van der Waals surface area contributed by atoms with Crippen LogP contribution < -0.4 is 5.73 Å². The third kappa shape index (κ3) is 4.30. The molecule has 0 bridgehead atoms. The number of nitrogens with zero attached hydrogens (tertiary/aromatic N) is 3. The highest BCUT2D eigenvalue weighted by Gasteiger charge is 2.43. The maximum atomic E-state index is 13.1. The standard InChI is InChI=1S/C20H32N4O2S/c21-19-22-16-8-11-23(13-17(16)27-19)14-20(26)9-4-10-24(18(20)25)12-7-15-5-2-1-3-6-15/h15,26H,1-14H2,(H2,21,22). The van der Waals surface area contributed by atoms with Crippen molar-refractivity contribution < 1.29 is 9.90 Å². The first-order chi connectivity index (χ1) is 13.0. The van der Waals surface area contributed by atoms with Crippen molar-refractivity contribution in [3.63, 3.8) is 0 Å². The van der Waals surface area contributed by atoms with E-state index in [-0.39, 0.29) is 5.91 Å². The maximum Gasteiger partial charge on any atom is 0.255 e. The van der Waals surface area contributed by atoms with Gasteiger partial charge < -0.3 is 15.7 Å². The predicted molar refractivity (Wildman–Crippen MR) is 107 cm³/mol. The van der Waals surface area contributed by atoms with Gasteiger partial charge in [0.15, 0.2) is 10.7 Å². The molecule has 4 rings (SSSR count). The second-order valence-electron chi connectivity index (χ2n) is 8.60. The number of thiazole rings is 1. The Bertz CT molecular complexity index is 673. The molecule has 7 heteroatoms. The Labute approximate surface area is 165 Å². The number of aromatic nitrogens is 1. The second kappa shape index (κ2) is 8.05. The van der Waals surface area contributed by atoms with Gasteiger partial charge in [0.05, 0.1) is 5.69 Å². The zero-order valence-electron chi connectivity index (χ0n) is 16.2. The number of hydrogen-bond donors (Lipinski definition) is 2. The predicted octanol–water partition coefficient (Wildman–Crippen LogP) is 2.41. The van der Waals surface area contributed by atoms with Crippen LogP contribution in [0.15, 0.2) is 0 Å². The number of piperidine rings is 1. The molecule has 0 aromatic carbocycles. The van der Waals surface area contributed by atoms with Crippen LogP contribution in [-0.2, 0) is 17.8 Å². The van der Waals surface area contributed by atoms with Crippen LogP contribution >= 0.6 is 11.3 Å². The number of nitrogens with two attached hydrogens (primary N) is 1. The van der Waals surface area contributed by atoms with E-state index < -0.39 is 5.60 Å². The van der Waals surface area contributed by atoms with Crippen LogP contribution in [0, 0.1) is 5.92 Å². The monoisotopic (exact) mass is 392 g/mol. The van der Waals surface area contributed by atoms with E-state index in [0.717, 1.165) is 57.1 Å². The van der Waals surface area contributed by atoms with Gasteiger partial charge >= 0.3 is 0 Å². The molecule has 6 nitrogen and oxygen atoms in total. The molecule has 3 aliphatic rings. The number of carbonyl (C=O) groups is 1. The van der Waals surface area contributed by atoms with Crippen LogP contribution in [0.5, 0.6) is 0 Å². The van der Waals surface area contributed by atoms with E-state index >= 15 is 0 Å². The smallest absolute Gasteiger partial charge is 0.255 e. The lowest BCUT2D eigenvalue weighted by atomic mass is 9.86. The Hall–Kier alpha value is -1.18. The molecular formula is C20H32N4O2S. The van der Waals surface area contributed by atoms with Crippen LogP contribution in [0.3, 0.4) is 0 Å². The molecule has 2 aliphatic heterocycles. The van der Waals surface area contributed by atoms with Crippen LogP contribution in [-0.4, -0.2) is 57.6 Å². The van der Waals surface area contributed by atoms with Gasteiger partial charge in [-0.3, -0.25) is 9.69 Å². The van der Waals surface area contributed by atoms with E-state index in [0.29, 0.717) is 18.1 Å². The lowest BCUT2D eigenvalue weighted by Gasteiger charge is -2.42. The highest BCUT2D eigenvalue weighted by Crippen LogP contribution is 2.31. The van der Waals surface area contributed by atoms with E-state index in [4.69, 9.17) is 5.73 Å².